The number of rotatable bonds is 10. The summed E-state index contributed by atoms with van der Waals surface area (Å²) in [6, 6.07) is 14.2. The molecule has 2 rings (SSSR count). The van der Waals surface area contributed by atoms with E-state index < -0.39 is 0 Å². The van der Waals surface area contributed by atoms with E-state index in [9.17, 15) is 0 Å². The second-order valence-electron chi connectivity index (χ2n) is 5.52. The number of hydrogen-bond donors (Lipinski definition) is 2. The molecule has 0 fully saturated rings. The summed E-state index contributed by atoms with van der Waals surface area (Å²) in [4.78, 5) is 0. The molecule has 0 atom stereocenters. The summed E-state index contributed by atoms with van der Waals surface area (Å²) in [5.74, 6) is 1.48. The van der Waals surface area contributed by atoms with E-state index in [-0.39, 0.29) is 24.8 Å². The first kappa shape index (κ1) is 25.0. The number of methoxy groups -OCH3 is 1. The van der Waals surface area contributed by atoms with Crippen LogP contribution in [0.15, 0.2) is 46.9 Å². The van der Waals surface area contributed by atoms with Crippen LogP contribution in [0.2, 0.25) is 0 Å². The van der Waals surface area contributed by atoms with Crippen molar-refractivity contribution in [1.82, 2.24) is 10.6 Å². The average molecular weight is 466 g/mol. The van der Waals surface area contributed by atoms with Gasteiger partial charge in [-0.05, 0) is 65.7 Å². The van der Waals surface area contributed by atoms with Crippen LogP contribution in [0.1, 0.15) is 17.5 Å². The third-order valence-corrected chi connectivity index (χ3v) is 4.21. The van der Waals surface area contributed by atoms with Crippen molar-refractivity contribution in [1.29, 1.82) is 0 Å². The van der Waals surface area contributed by atoms with E-state index in [4.69, 9.17) is 9.47 Å². The predicted molar refractivity (Wildman–Crippen MR) is 116 cm³/mol. The normalized spacial score (nSPS) is 9.81. The van der Waals surface area contributed by atoms with Crippen molar-refractivity contribution in [2.75, 3.05) is 27.2 Å². The summed E-state index contributed by atoms with van der Waals surface area (Å²) in [7, 11) is 3.64. The second kappa shape index (κ2) is 14.1. The Bertz CT molecular complexity index is 630. The van der Waals surface area contributed by atoms with Gasteiger partial charge in [-0.25, -0.2) is 0 Å². The fourth-order valence-corrected chi connectivity index (χ4v) is 2.97. The van der Waals surface area contributed by atoms with Crippen molar-refractivity contribution in [3.05, 3.63) is 58.1 Å². The minimum Gasteiger partial charge on any atom is -0.493 e. The summed E-state index contributed by atoms with van der Waals surface area (Å²) in [5.41, 5.74) is 2.29. The highest BCUT2D eigenvalue weighted by atomic mass is 79.9. The van der Waals surface area contributed by atoms with Crippen molar-refractivity contribution in [3.63, 3.8) is 0 Å². The first-order valence-electron chi connectivity index (χ1n) is 8.13. The molecule has 7 heteroatoms. The second-order valence-corrected chi connectivity index (χ2v) is 6.37. The van der Waals surface area contributed by atoms with Crippen LogP contribution in [0.4, 0.5) is 0 Å². The lowest BCUT2D eigenvalue weighted by Crippen LogP contribution is -2.19. The van der Waals surface area contributed by atoms with Gasteiger partial charge >= 0.3 is 0 Å². The number of hydrogen-bond acceptors (Lipinski definition) is 4. The summed E-state index contributed by atoms with van der Waals surface area (Å²) >= 11 is 3.60. The minimum atomic E-state index is 0. The zero-order valence-electron chi connectivity index (χ0n) is 15.1. The Kier molecular flexibility index (Phi) is 13.6. The molecule has 26 heavy (non-hydrogen) atoms. The van der Waals surface area contributed by atoms with Crippen molar-refractivity contribution in [2.45, 2.75) is 19.6 Å². The average Bonchev–Trinajstić information content (AvgIpc) is 2.61. The van der Waals surface area contributed by atoms with Gasteiger partial charge in [0.05, 0.1) is 11.6 Å². The molecular formula is C19H27BrCl2N2O2. The van der Waals surface area contributed by atoms with Gasteiger partial charge < -0.3 is 20.1 Å². The fourth-order valence-electron chi connectivity index (χ4n) is 2.37. The van der Waals surface area contributed by atoms with Gasteiger partial charge in [-0.15, -0.1) is 24.8 Å². The van der Waals surface area contributed by atoms with E-state index >= 15 is 0 Å². The zero-order chi connectivity index (χ0) is 17.2. The van der Waals surface area contributed by atoms with Gasteiger partial charge in [0.25, 0.3) is 0 Å². The number of halogens is 3. The van der Waals surface area contributed by atoms with E-state index in [0.717, 1.165) is 53.2 Å². The SMILES string of the molecule is CNCCCNCc1cc(Br)c(OCc2ccccc2)c(OC)c1.Cl.Cl. The maximum absolute atomic E-state index is 5.96. The molecule has 0 unspecified atom stereocenters. The Morgan fingerprint density at radius 3 is 2.38 bits per heavy atom. The van der Waals surface area contributed by atoms with Crippen LogP contribution in [0.25, 0.3) is 0 Å². The third-order valence-electron chi connectivity index (χ3n) is 3.62. The van der Waals surface area contributed by atoms with Gasteiger partial charge in [0, 0.05) is 6.54 Å². The van der Waals surface area contributed by atoms with E-state index in [2.05, 4.69) is 32.6 Å². The van der Waals surface area contributed by atoms with Gasteiger partial charge in [-0.2, -0.15) is 0 Å². The number of ether oxygens (including phenoxy) is 2. The van der Waals surface area contributed by atoms with Crippen LogP contribution in [0.5, 0.6) is 11.5 Å². The van der Waals surface area contributed by atoms with Crippen molar-refractivity contribution in [2.24, 2.45) is 0 Å². The number of nitrogens with one attached hydrogen (secondary N) is 2. The first-order valence-corrected chi connectivity index (χ1v) is 8.92. The third kappa shape index (κ3) is 8.14. The van der Waals surface area contributed by atoms with Gasteiger partial charge in [0.2, 0.25) is 0 Å². The van der Waals surface area contributed by atoms with Crippen molar-refractivity contribution >= 4 is 40.7 Å². The lowest BCUT2D eigenvalue weighted by atomic mass is 10.2. The van der Waals surface area contributed by atoms with E-state index in [1.165, 1.54) is 0 Å². The van der Waals surface area contributed by atoms with Crippen LogP contribution in [0.3, 0.4) is 0 Å². The highest BCUT2D eigenvalue weighted by Crippen LogP contribution is 2.37. The molecule has 0 bridgehead atoms. The lowest BCUT2D eigenvalue weighted by molar-refractivity contribution is 0.282. The fraction of sp³-hybridized carbons (Fsp3) is 0.368. The van der Waals surface area contributed by atoms with Crippen LogP contribution in [-0.4, -0.2) is 27.2 Å². The first-order chi connectivity index (χ1) is 11.7. The summed E-state index contributed by atoms with van der Waals surface area (Å²) in [5, 5.41) is 6.58. The Labute approximate surface area is 177 Å². The molecule has 146 valence electrons. The molecule has 2 aromatic rings. The van der Waals surface area contributed by atoms with Crippen LogP contribution in [0, 0.1) is 0 Å². The molecule has 0 aliphatic carbocycles. The Balaban J connectivity index is 0.00000312. The molecule has 0 saturated heterocycles. The Morgan fingerprint density at radius 2 is 1.73 bits per heavy atom. The highest BCUT2D eigenvalue weighted by molar-refractivity contribution is 9.10. The van der Waals surface area contributed by atoms with Crippen LogP contribution < -0.4 is 20.1 Å². The van der Waals surface area contributed by atoms with Crippen LogP contribution in [-0.2, 0) is 13.2 Å². The van der Waals surface area contributed by atoms with Gasteiger partial charge in [-0.1, -0.05) is 30.3 Å². The van der Waals surface area contributed by atoms with Gasteiger partial charge in [0.15, 0.2) is 11.5 Å². The molecule has 0 amide bonds. The molecular weight excluding hydrogens is 439 g/mol. The molecule has 0 heterocycles. The van der Waals surface area contributed by atoms with Crippen LogP contribution >= 0.6 is 40.7 Å². The maximum atomic E-state index is 5.96. The Hall–Kier alpha value is -0.980. The van der Waals surface area contributed by atoms with Gasteiger partial charge in [-0.3, -0.25) is 0 Å². The molecule has 0 aliphatic rings. The van der Waals surface area contributed by atoms with E-state index in [1.807, 2.05) is 43.4 Å². The quantitative estimate of drug-likeness (QED) is 0.504. The minimum absolute atomic E-state index is 0. The van der Waals surface area contributed by atoms with E-state index in [1.54, 1.807) is 7.11 Å². The van der Waals surface area contributed by atoms with Gasteiger partial charge in [0.1, 0.15) is 6.61 Å². The highest BCUT2D eigenvalue weighted by Gasteiger charge is 2.12. The largest absolute Gasteiger partial charge is 0.493 e. The predicted octanol–water partition coefficient (Wildman–Crippen LogP) is 4.58. The maximum Gasteiger partial charge on any atom is 0.175 e. The molecule has 0 radical (unpaired) electrons. The topological polar surface area (TPSA) is 42.5 Å². The molecule has 0 saturated carbocycles. The molecule has 4 nitrogen and oxygen atoms in total. The molecule has 2 aromatic carbocycles. The standard InChI is InChI=1S/C19H25BrN2O2.2ClH/c1-21-9-6-10-22-13-16-11-17(20)19(18(12-16)23-2)24-14-15-7-4-3-5-8-15;;/h3-5,7-8,11-12,21-22H,6,9-10,13-14H2,1-2H3;2*1H. The molecule has 0 aliphatic heterocycles. The Morgan fingerprint density at radius 1 is 1.00 bits per heavy atom. The zero-order valence-corrected chi connectivity index (χ0v) is 18.3. The molecule has 2 N–H and O–H groups in total. The summed E-state index contributed by atoms with van der Waals surface area (Å²) in [6.07, 6.45) is 1.10. The van der Waals surface area contributed by atoms with Crippen molar-refractivity contribution in [3.8, 4) is 11.5 Å². The molecule has 0 spiro atoms. The monoisotopic (exact) mass is 464 g/mol. The smallest absolute Gasteiger partial charge is 0.175 e. The molecule has 0 aromatic heterocycles. The summed E-state index contributed by atoms with van der Waals surface area (Å²) in [6.45, 7) is 3.31. The lowest BCUT2D eigenvalue weighted by Gasteiger charge is -2.15. The van der Waals surface area contributed by atoms with E-state index in [0.29, 0.717) is 6.61 Å². The van der Waals surface area contributed by atoms with Crippen molar-refractivity contribution < 1.29 is 9.47 Å². The summed E-state index contributed by atoms with van der Waals surface area (Å²) < 4.78 is 12.4. The number of benzene rings is 2.